The molecule has 1 aromatic carbocycles. The lowest BCUT2D eigenvalue weighted by Crippen LogP contribution is -2.43. The van der Waals surface area contributed by atoms with Crippen molar-refractivity contribution in [1.29, 1.82) is 0 Å². The lowest BCUT2D eigenvalue weighted by molar-refractivity contribution is -0.119. The van der Waals surface area contributed by atoms with E-state index in [-0.39, 0.29) is 11.5 Å². The molecule has 1 aromatic rings. The first-order chi connectivity index (χ1) is 7.24. The van der Waals surface area contributed by atoms with Gasteiger partial charge in [-0.1, -0.05) is 12.1 Å². The molecule has 80 valence electrons. The zero-order valence-corrected chi connectivity index (χ0v) is 8.57. The van der Waals surface area contributed by atoms with Crippen LogP contribution in [0.4, 0.5) is 0 Å². The van der Waals surface area contributed by atoms with Crippen LogP contribution >= 0.6 is 0 Å². The monoisotopic (exact) mass is 205 g/mol. The number of phenols is 1. The topological polar surface area (TPSA) is 49.3 Å². The van der Waals surface area contributed by atoms with Gasteiger partial charge in [0.2, 0.25) is 0 Å². The Hall–Kier alpha value is -1.35. The van der Waals surface area contributed by atoms with Gasteiger partial charge in [-0.25, -0.2) is 0 Å². The Labute approximate surface area is 89.1 Å². The Morgan fingerprint density at radius 2 is 2.00 bits per heavy atom. The quantitative estimate of drug-likeness (QED) is 0.774. The minimum atomic E-state index is 0.245. The Bertz CT molecular complexity index is 341. The number of benzene rings is 1. The van der Waals surface area contributed by atoms with E-state index in [0.717, 1.165) is 18.7 Å². The van der Waals surface area contributed by atoms with Crippen LogP contribution in [-0.4, -0.2) is 24.0 Å². The van der Waals surface area contributed by atoms with E-state index < -0.39 is 0 Å². The van der Waals surface area contributed by atoms with Crippen molar-refractivity contribution in [2.75, 3.05) is 13.1 Å². The molecule has 3 heteroatoms. The highest BCUT2D eigenvalue weighted by molar-refractivity contribution is 5.81. The van der Waals surface area contributed by atoms with Crippen LogP contribution in [-0.2, 0) is 11.2 Å². The summed E-state index contributed by atoms with van der Waals surface area (Å²) in [7, 11) is 0. The van der Waals surface area contributed by atoms with E-state index >= 15 is 0 Å². The Morgan fingerprint density at radius 3 is 2.53 bits per heavy atom. The lowest BCUT2D eigenvalue weighted by atomic mass is 9.94. The zero-order valence-electron chi connectivity index (χ0n) is 8.57. The van der Waals surface area contributed by atoms with Gasteiger partial charge < -0.3 is 10.4 Å². The molecule has 0 aliphatic carbocycles. The maximum Gasteiger partial charge on any atom is 0.137 e. The molecule has 3 nitrogen and oxygen atoms in total. The van der Waals surface area contributed by atoms with Crippen molar-refractivity contribution < 1.29 is 9.90 Å². The molecule has 0 atom stereocenters. The molecular weight excluding hydrogens is 190 g/mol. The number of nitrogens with one attached hydrogen (secondary N) is 1. The minimum Gasteiger partial charge on any atom is -0.508 e. The molecule has 2 N–H and O–H groups in total. The van der Waals surface area contributed by atoms with Gasteiger partial charge >= 0.3 is 0 Å². The van der Waals surface area contributed by atoms with Gasteiger partial charge in [0.1, 0.15) is 11.5 Å². The summed E-state index contributed by atoms with van der Waals surface area (Å²) in [6, 6.07) is 6.83. The van der Waals surface area contributed by atoms with E-state index in [4.69, 9.17) is 5.11 Å². The van der Waals surface area contributed by atoms with Crippen molar-refractivity contribution in [2.45, 2.75) is 12.8 Å². The number of hydrogen-bond acceptors (Lipinski definition) is 3. The van der Waals surface area contributed by atoms with E-state index in [0.29, 0.717) is 18.8 Å². The largest absolute Gasteiger partial charge is 0.508 e. The smallest absolute Gasteiger partial charge is 0.137 e. The fourth-order valence-corrected chi connectivity index (χ4v) is 1.73. The van der Waals surface area contributed by atoms with Gasteiger partial charge in [-0.3, -0.25) is 4.79 Å². The third-order valence-electron chi connectivity index (χ3n) is 2.72. The molecule has 0 spiro atoms. The predicted molar refractivity (Wildman–Crippen MR) is 57.8 cm³/mol. The zero-order chi connectivity index (χ0) is 10.7. The fourth-order valence-electron chi connectivity index (χ4n) is 1.73. The van der Waals surface area contributed by atoms with Crippen LogP contribution in [0.1, 0.15) is 12.0 Å². The highest BCUT2D eigenvalue weighted by Crippen LogP contribution is 2.14. The second-order valence-corrected chi connectivity index (χ2v) is 4.11. The molecule has 0 aromatic heterocycles. The number of hydrogen-bond donors (Lipinski definition) is 2. The summed E-state index contributed by atoms with van der Waals surface area (Å²) in [4.78, 5) is 11.6. The highest BCUT2D eigenvalue weighted by Gasteiger charge is 2.19. The first-order valence-corrected chi connectivity index (χ1v) is 5.24. The SMILES string of the molecule is O=C(Cc1ccc(O)cc1)CC1CNC1. The molecule has 0 radical (unpaired) electrons. The van der Waals surface area contributed by atoms with E-state index in [1.165, 1.54) is 0 Å². The molecule has 1 saturated heterocycles. The first kappa shape index (κ1) is 10.2. The second-order valence-electron chi connectivity index (χ2n) is 4.11. The van der Waals surface area contributed by atoms with E-state index in [2.05, 4.69) is 5.32 Å². The van der Waals surface area contributed by atoms with Gasteiger partial charge in [0.25, 0.3) is 0 Å². The van der Waals surface area contributed by atoms with E-state index in [1.807, 2.05) is 0 Å². The Morgan fingerprint density at radius 1 is 1.33 bits per heavy atom. The molecule has 0 saturated carbocycles. The summed E-state index contributed by atoms with van der Waals surface area (Å²) < 4.78 is 0. The maximum atomic E-state index is 11.6. The number of carbonyl (C=O) groups excluding carboxylic acids is 1. The molecule has 1 fully saturated rings. The fraction of sp³-hybridized carbons (Fsp3) is 0.417. The average Bonchev–Trinajstić information content (AvgIpc) is 2.16. The van der Waals surface area contributed by atoms with Crippen LogP contribution in [0.2, 0.25) is 0 Å². The van der Waals surface area contributed by atoms with Gasteiger partial charge in [-0.15, -0.1) is 0 Å². The number of aromatic hydroxyl groups is 1. The van der Waals surface area contributed by atoms with Crippen molar-refractivity contribution in [1.82, 2.24) is 5.32 Å². The van der Waals surface area contributed by atoms with Crippen LogP contribution in [0, 0.1) is 5.92 Å². The summed E-state index contributed by atoms with van der Waals surface area (Å²) in [6.45, 7) is 1.95. The number of Topliss-reactive ketones (excluding diaryl/α,β-unsaturated/α-hetero) is 1. The minimum absolute atomic E-state index is 0.245. The van der Waals surface area contributed by atoms with Gasteiger partial charge in [0, 0.05) is 12.8 Å². The summed E-state index contributed by atoms with van der Waals surface area (Å²) in [5.41, 5.74) is 0.977. The summed E-state index contributed by atoms with van der Waals surface area (Å²) >= 11 is 0. The van der Waals surface area contributed by atoms with Crippen LogP contribution < -0.4 is 5.32 Å². The normalized spacial score (nSPS) is 16.0. The van der Waals surface area contributed by atoms with Crippen molar-refractivity contribution in [3.63, 3.8) is 0 Å². The Kier molecular flexibility index (Phi) is 3.02. The van der Waals surface area contributed by atoms with E-state index in [9.17, 15) is 4.79 Å². The van der Waals surface area contributed by atoms with Gasteiger partial charge in [-0.2, -0.15) is 0 Å². The predicted octanol–water partition coefficient (Wildman–Crippen LogP) is 1.11. The molecule has 0 amide bonds. The van der Waals surface area contributed by atoms with Crippen molar-refractivity contribution >= 4 is 5.78 Å². The Balaban J connectivity index is 1.84. The van der Waals surface area contributed by atoms with Crippen LogP contribution in [0.15, 0.2) is 24.3 Å². The lowest BCUT2D eigenvalue weighted by Gasteiger charge is -2.26. The molecule has 0 bridgehead atoms. The van der Waals surface area contributed by atoms with Gasteiger partial charge in [0.15, 0.2) is 0 Å². The standard InChI is InChI=1S/C12H15NO2/c14-11-3-1-9(2-4-11)5-12(15)6-10-7-13-8-10/h1-4,10,13-14H,5-8H2. The number of ketones is 1. The molecule has 15 heavy (non-hydrogen) atoms. The maximum absolute atomic E-state index is 11.6. The van der Waals surface area contributed by atoms with Gasteiger partial charge in [-0.05, 0) is 36.7 Å². The van der Waals surface area contributed by atoms with E-state index in [1.54, 1.807) is 24.3 Å². The highest BCUT2D eigenvalue weighted by atomic mass is 16.3. The molecule has 1 heterocycles. The third-order valence-corrected chi connectivity index (χ3v) is 2.72. The number of phenolic OH excluding ortho intramolecular Hbond substituents is 1. The van der Waals surface area contributed by atoms with Crippen LogP contribution in [0.3, 0.4) is 0 Å². The van der Waals surface area contributed by atoms with Crippen LogP contribution in [0.25, 0.3) is 0 Å². The van der Waals surface area contributed by atoms with Gasteiger partial charge in [0.05, 0.1) is 0 Å². The summed E-state index contributed by atoms with van der Waals surface area (Å²) in [5, 5.41) is 12.2. The average molecular weight is 205 g/mol. The third kappa shape index (κ3) is 2.80. The van der Waals surface area contributed by atoms with Crippen molar-refractivity contribution in [3.8, 4) is 5.75 Å². The first-order valence-electron chi connectivity index (χ1n) is 5.24. The van der Waals surface area contributed by atoms with Crippen LogP contribution in [0.5, 0.6) is 5.75 Å². The summed E-state index contributed by atoms with van der Waals surface area (Å²) in [5.74, 6) is 1.07. The molecule has 1 aliphatic rings. The number of carbonyl (C=O) groups is 1. The van der Waals surface area contributed by atoms with Crippen molar-refractivity contribution in [2.24, 2.45) is 5.92 Å². The second kappa shape index (κ2) is 4.45. The molecule has 2 rings (SSSR count). The molecule has 0 unspecified atom stereocenters. The van der Waals surface area contributed by atoms with Crippen molar-refractivity contribution in [3.05, 3.63) is 29.8 Å². The molecular formula is C12H15NO2. The number of rotatable bonds is 4. The molecule has 1 aliphatic heterocycles. The summed E-state index contributed by atoms with van der Waals surface area (Å²) in [6.07, 6.45) is 1.16.